The van der Waals surface area contributed by atoms with Crippen LogP contribution in [0.4, 0.5) is 0 Å². The first-order valence-electron chi connectivity index (χ1n) is 6.37. The minimum atomic E-state index is 0.874. The molecule has 3 nitrogen and oxygen atoms in total. The molecule has 2 rings (SSSR count). The molecule has 0 bridgehead atoms. The largest absolute Gasteiger partial charge is 0.313 e. The molecule has 0 saturated carbocycles. The molecule has 1 N–H and O–H groups in total. The lowest BCUT2D eigenvalue weighted by atomic mass is 10.1. The first-order valence-corrected chi connectivity index (χ1v) is 6.37. The van der Waals surface area contributed by atoms with E-state index in [2.05, 4.69) is 34.3 Å². The van der Waals surface area contributed by atoms with E-state index in [0.717, 1.165) is 30.8 Å². The van der Waals surface area contributed by atoms with Gasteiger partial charge in [-0.05, 0) is 49.2 Å². The van der Waals surface area contributed by atoms with Crippen LogP contribution in [0.1, 0.15) is 24.6 Å². The van der Waals surface area contributed by atoms with E-state index in [4.69, 9.17) is 0 Å². The van der Waals surface area contributed by atoms with Crippen molar-refractivity contribution in [2.24, 2.45) is 0 Å². The topological polar surface area (TPSA) is 37.8 Å². The van der Waals surface area contributed by atoms with Crippen molar-refractivity contribution in [3.8, 4) is 11.1 Å². The van der Waals surface area contributed by atoms with Gasteiger partial charge in [0.25, 0.3) is 0 Å². The van der Waals surface area contributed by atoms with Gasteiger partial charge in [0.2, 0.25) is 0 Å². The third kappa shape index (κ3) is 3.37. The standard InChI is InChI=1S/C15H19N3/c1-3-5-16-9-13-8-15(11-17-10-13)14-4-6-18-12(2)7-14/h4,6-8,10-11,16H,3,5,9H2,1-2H3. The molecule has 0 spiro atoms. The lowest BCUT2D eigenvalue weighted by Gasteiger charge is -2.06. The number of rotatable bonds is 5. The summed E-state index contributed by atoms with van der Waals surface area (Å²) in [6.07, 6.45) is 6.81. The summed E-state index contributed by atoms with van der Waals surface area (Å²) in [6.45, 7) is 6.09. The SMILES string of the molecule is CCCNCc1cncc(-c2ccnc(C)c2)c1. The number of hydrogen-bond donors (Lipinski definition) is 1. The van der Waals surface area contributed by atoms with E-state index in [1.165, 1.54) is 11.1 Å². The average Bonchev–Trinajstić information content (AvgIpc) is 2.39. The average molecular weight is 241 g/mol. The number of nitrogens with zero attached hydrogens (tertiary/aromatic N) is 2. The number of aromatic nitrogens is 2. The Morgan fingerprint density at radius 3 is 2.83 bits per heavy atom. The van der Waals surface area contributed by atoms with Gasteiger partial charge in [0.05, 0.1) is 0 Å². The van der Waals surface area contributed by atoms with E-state index in [9.17, 15) is 0 Å². The second kappa shape index (κ2) is 6.26. The Morgan fingerprint density at radius 1 is 1.17 bits per heavy atom. The predicted octanol–water partition coefficient (Wildman–Crippen LogP) is 2.95. The summed E-state index contributed by atoms with van der Waals surface area (Å²) in [4.78, 5) is 8.52. The van der Waals surface area contributed by atoms with Crippen LogP contribution < -0.4 is 5.32 Å². The summed E-state index contributed by atoms with van der Waals surface area (Å²) in [5.74, 6) is 0. The van der Waals surface area contributed by atoms with Crippen molar-refractivity contribution in [3.63, 3.8) is 0 Å². The van der Waals surface area contributed by atoms with Crippen LogP contribution in [0.5, 0.6) is 0 Å². The molecule has 0 unspecified atom stereocenters. The zero-order valence-electron chi connectivity index (χ0n) is 11.0. The highest BCUT2D eigenvalue weighted by atomic mass is 14.8. The van der Waals surface area contributed by atoms with Crippen molar-refractivity contribution in [2.45, 2.75) is 26.8 Å². The van der Waals surface area contributed by atoms with Crippen LogP contribution in [-0.2, 0) is 6.54 Å². The van der Waals surface area contributed by atoms with Crippen LogP contribution in [0, 0.1) is 6.92 Å². The Labute approximate surface area is 108 Å². The summed E-state index contributed by atoms with van der Waals surface area (Å²) in [6, 6.07) is 6.29. The van der Waals surface area contributed by atoms with Gasteiger partial charge in [-0.1, -0.05) is 6.92 Å². The van der Waals surface area contributed by atoms with Crippen molar-refractivity contribution in [1.82, 2.24) is 15.3 Å². The van der Waals surface area contributed by atoms with Crippen molar-refractivity contribution in [2.75, 3.05) is 6.54 Å². The molecule has 0 amide bonds. The van der Waals surface area contributed by atoms with E-state index in [-0.39, 0.29) is 0 Å². The van der Waals surface area contributed by atoms with Crippen molar-refractivity contribution >= 4 is 0 Å². The van der Waals surface area contributed by atoms with Gasteiger partial charge in [-0.2, -0.15) is 0 Å². The second-order valence-electron chi connectivity index (χ2n) is 4.44. The normalized spacial score (nSPS) is 10.6. The Bertz CT molecular complexity index is 509. The minimum Gasteiger partial charge on any atom is -0.313 e. The van der Waals surface area contributed by atoms with Gasteiger partial charge in [-0.25, -0.2) is 0 Å². The van der Waals surface area contributed by atoms with Gasteiger partial charge in [-0.15, -0.1) is 0 Å². The van der Waals surface area contributed by atoms with E-state index >= 15 is 0 Å². The van der Waals surface area contributed by atoms with E-state index < -0.39 is 0 Å². The van der Waals surface area contributed by atoms with Crippen molar-refractivity contribution in [3.05, 3.63) is 48.0 Å². The highest BCUT2D eigenvalue weighted by Gasteiger charge is 2.00. The molecule has 0 fully saturated rings. The Balaban J connectivity index is 2.16. The molecule has 3 heteroatoms. The molecule has 0 saturated heterocycles. The minimum absolute atomic E-state index is 0.874. The highest BCUT2D eigenvalue weighted by Crippen LogP contribution is 2.19. The maximum atomic E-state index is 4.31. The monoisotopic (exact) mass is 241 g/mol. The molecule has 18 heavy (non-hydrogen) atoms. The third-order valence-corrected chi connectivity index (χ3v) is 2.78. The summed E-state index contributed by atoms with van der Waals surface area (Å²) < 4.78 is 0. The maximum Gasteiger partial charge on any atom is 0.0378 e. The molecular weight excluding hydrogens is 222 g/mol. The fraction of sp³-hybridized carbons (Fsp3) is 0.333. The summed E-state index contributed by atoms with van der Waals surface area (Å²) in [5.41, 5.74) is 4.57. The zero-order chi connectivity index (χ0) is 12.8. The Kier molecular flexibility index (Phi) is 4.42. The fourth-order valence-electron chi connectivity index (χ4n) is 1.88. The molecule has 2 aromatic rings. The van der Waals surface area contributed by atoms with Gasteiger partial charge < -0.3 is 5.32 Å². The zero-order valence-corrected chi connectivity index (χ0v) is 11.0. The smallest absolute Gasteiger partial charge is 0.0378 e. The maximum absolute atomic E-state index is 4.31. The highest BCUT2D eigenvalue weighted by molar-refractivity contribution is 5.62. The fourth-order valence-corrected chi connectivity index (χ4v) is 1.88. The van der Waals surface area contributed by atoms with Crippen LogP contribution in [-0.4, -0.2) is 16.5 Å². The van der Waals surface area contributed by atoms with Crippen molar-refractivity contribution in [1.29, 1.82) is 0 Å². The molecule has 0 aromatic carbocycles. The molecule has 0 aliphatic heterocycles. The van der Waals surface area contributed by atoms with E-state index in [1.54, 1.807) is 0 Å². The molecule has 2 heterocycles. The number of nitrogens with one attached hydrogen (secondary N) is 1. The summed E-state index contributed by atoms with van der Waals surface area (Å²) in [7, 11) is 0. The van der Waals surface area contributed by atoms with Gasteiger partial charge >= 0.3 is 0 Å². The third-order valence-electron chi connectivity index (χ3n) is 2.78. The number of pyridine rings is 2. The molecule has 0 aliphatic rings. The van der Waals surface area contributed by atoms with Crippen LogP contribution >= 0.6 is 0 Å². The summed E-state index contributed by atoms with van der Waals surface area (Å²) in [5, 5.41) is 3.39. The van der Waals surface area contributed by atoms with Gasteiger partial charge in [0, 0.05) is 36.4 Å². The van der Waals surface area contributed by atoms with E-state index in [0.29, 0.717) is 0 Å². The predicted molar refractivity (Wildman–Crippen MR) is 74.2 cm³/mol. The van der Waals surface area contributed by atoms with Crippen LogP contribution in [0.2, 0.25) is 0 Å². The van der Waals surface area contributed by atoms with Crippen LogP contribution in [0.3, 0.4) is 0 Å². The van der Waals surface area contributed by atoms with Crippen LogP contribution in [0.25, 0.3) is 11.1 Å². The number of aryl methyl sites for hydroxylation is 1. The second-order valence-corrected chi connectivity index (χ2v) is 4.44. The van der Waals surface area contributed by atoms with Crippen molar-refractivity contribution < 1.29 is 0 Å². The molecule has 0 aliphatic carbocycles. The van der Waals surface area contributed by atoms with E-state index in [1.807, 2.05) is 31.6 Å². The Hall–Kier alpha value is -1.74. The molecule has 0 atom stereocenters. The lowest BCUT2D eigenvalue weighted by molar-refractivity contribution is 0.674. The molecule has 94 valence electrons. The lowest BCUT2D eigenvalue weighted by Crippen LogP contribution is -2.13. The van der Waals surface area contributed by atoms with Crippen LogP contribution in [0.15, 0.2) is 36.8 Å². The van der Waals surface area contributed by atoms with Gasteiger partial charge in [-0.3, -0.25) is 9.97 Å². The Morgan fingerprint density at radius 2 is 2.06 bits per heavy atom. The summed E-state index contributed by atoms with van der Waals surface area (Å²) >= 11 is 0. The molecular formula is C15H19N3. The quantitative estimate of drug-likeness (QED) is 0.818. The van der Waals surface area contributed by atoms with Gasteiger partial charge in [0.1, 0.15) is 0 Å². The van der Waals surface area contributed by atoms with Gasteiger partial charge in [0.15, 0.2) is 0 Å². The number of hydrogen-bond acceptors (Lipinski definition) is 3. The first-order chi connectivity index (χ1) is 8.79. The molecule has 0 radical (unpaired) electrons. The first kappa shape index (κ1) is 12.7. The molecule has 2 aromatic heterocycles.